The molecule has 1 N–H and O–H groups in total. The first kappa shape index (κ1) is 23.5. The van der Waals surface area contributed by atoms with Crippen LogP contribution in [0, 0.1) is 6.92 Å². The standard InChI is InChI=1S/C24H33NO5/c1-5-6-8-13-20-16-21(30-17-25(3)24(27)29-15-14-28-4)22(23(26)18(20)2)19-11-9-7-10-12-19/h7,9-12,16,26H,5-6,8,13-15,17H2,1-4H3. The number of carbonyl (C=O) groups is 1. The van der Waals surface area contributed by atoms with Crippen LogP contribution in [0.4, 0.5) is 4.79 Å². The summed E-state index contributed by atoms with van der Waals surface area (Å²) in [7, 11) is 3.15. The Bertz CT molecular complexity index is 807. The number of rotatable bonds is 11. The van der Waals surface area contributed by atoms with Crippen LogP contribution in [0.25, 0.3) is 11.1 Å². The summed E-state index contributed by atoms with van der Waals surface area (Å²) >= 11 is 0. The highest BCUT2D eigenvalue weighted by atomic mass is 16.6. The first-order chi connectivity index (χ1) is 14.5. The van der Waals surface area contributed by atoms with E-state index in [4.69, 9.17) is 14.2 Å². The van der Waals surface area contributed by atoms with E-state index in [0.717, 1.165) is 42.4 Å². The van der Waals surface area contributed by atoms with Gasteiger partial charge in [0, 0.05) is 14.2 Å². The van der Waals surface area contributed by atoms with E-state index < -0.39 is 6.09 Å². The number of phenols is 1. The Labute approximate surface area is 179 Å². The second-order valence-electron chi connectivity index (χ2n) is 7.28. The molecule has 0 aliphatic heterocycles. The van der Waals surface area contributed by atoms with Gasteiger partial charge in [-0.3, -0.25) is 4.90 Å². The highest BCUT2D eigenvalue weighted by molar-refractivity contribution is 5.79. The Balaban J connectivity index is 2.27. The molecular weight excluding hydrogens is 382 g/mol. The van der Waals surface area contributed by atoms with Crippen molar-refractivity contribution in [2.75, 3.05) is 34.1 Å². The zero-order valence-electron chi connectivity index (χ0n) is 18.4. The Morgan fingerprint density at radius 2 is 1.87 bits per heavy atom. The van der Waals surface area contributed by atoms with Gasteiger partial charge in [-0.1, -0.05) is 50.1 Å². The number of methoxy groups -OCH3 is 1. The Kier molecular flexibility index (Phi) is 9.48. The van der Waals surface area contributed by atoms with Gasteiger partial charge in [0.25, 0.3) is 0 Å². The van der Waals surface area contributed by atoms with Gasteiger partial charge in [0.15, 0.2) is 6.73 Å². The molecule has 2 aromatic rings. The average Bonchev–Trinajstić information content (AvgIpc) is 2.76. The number of phenolic OH excluding ortho intramolecular Hbond substituents is 1. The number of hydrogen-bond donors (Lipinski definition) is 1. The molecule has 0 unspecified atom stereocenters. The Morgan fingerprint density at radius 1 is 1.13 bits per heavy atom. The van der Waals surface area contributed by atoms with E-state index in [-0.39, 0.29) is 19.1 Å². The highest BCUT2D eigenvalue weighted by Gasteiger charge is 2.19. The number of amides is 1. The highest BCUT2D eigenvalue weighted by Crippen LogP contribution is 2.42. The number of carbonyl (C=O) groups excluding carboxylic acids is 1. The fraction of sp³-hybridized carbons (Fsp3) is 0.458. The van der Waals surface area contributed by atoms with Gasteiger partial charge in [0.05, 0.1) is 12.2 Å². The van der Waals surface area contributed by atoms with Gasteiger partial charge in [0.2, 0.25) is 0 Å². The molecule has 0 saturated heterocycles. The van der Waals surface area contributed by atoms with Crippen LogP contribution in [-0.2, 0) is 15.9 Å². The molecule has 164 valence electrons. The summed E-state index contributed by atoms with van der Waals surface area (Å²) in [5, 5.41) is 11.0. The number of aromatic hydroxyl groups is 1. The largest absolute Gasteiger partial charge is 0.507 e. The van der Waals surface area contributed by atoms with Crippen molar-refractivity contribution < 1.29 is 24.1 Å². The minimum absolute atomic E-state index is 0.00253. The molecule has 0 spiro atoms. The van der Waals surface area contributed by atoms with Crippen molar-refractivity contribution in [3.05, 3.63) is 47.5 Å². The van der Waals surface area contributed by atoms with E-state index in [0.29, 0.717) is 17.9 Å². The predicted octanol–water partition coefficient (Wildman–Crippen LogP) is 5.15. The van der Waals surface area contributed by atoms with Crippen LogP contribution in [-0.4, -0.2) is 50.2 Å². The monoisotopic (exact) mass is 415 g/mol. The number of benzene rings is 2. The first-order valence-corrected chi connectivity index (χ1v) is 10.4. The van der Waals surface area contributed by atoms with Crippen molar-refractivity contribution in [2.45, 2.75) is 39.5 Å². The lowest BCUT2D eigenvalue weighted by Crippen LogP contribution is -2.32. The second-order valence-corrected chi connectivity index (χ2v) is 7.28. The molecule has 6 heteroatoms. The third kappa shape index (κ3) is 6.39. The van der Waals surface area contributed by atoms with Crippen molar-refractivity contribution in [1.82, 2.24) is 4.90 Å². The topological polar surface area (TPSA) is 68.2 Å². The SMILES string of the molecule is CCCCCc1cc(OCN(C)C(=O)OCCOC)c(-c2ccccc2)c(O)c1C. The number of nitrogens with zero attached hydrogens (tertiary/aromatic N) is 1. The van der Waals surface area contributed by atoms with Crippen LogP contribution < -0.4 is 4.74 Å². The van der Waals surface area contributed by atoms with E-state index in [1.807, 2.05) is 43.3 Å². The van der Waals surface area contributed by atoms with Gasteiger partial charge >= 0.3 is 6.09 Å². The third-order valence-electron chi connectivity index (χ3n) is 4.98. The van der Waals surface area contributed by atoms with Crippen molar-refractivity contribution in [3.63, 3.8) is 0 Å². The number of aryl methyl sites for hydroxylation is 1. The quantitative estimate of drug-likeness (QED) is 0.406. The van der Waals surface area contributed by atoms with Gasteiger partial charge in [-0.05, 0) is 42.5 Å². The lowest BCUT2D eigenvalue weighted by molar-refractivity contribution is 0.0598. The molecule has 0 radical (unpaired) electrons. The van der Waals surface area contributed by atoms with Crippen LogP contribution in [0.2, 0.25) is 0 Å². The van der Waals surface area contributed by atoms with Gasteiger partial charge in [-0.25, -0.2) is 4.79 Å². The zero-order chi connectivity index (χ0) is 21.9. The Hall–Kier alpha value is -2.73. The molecule has 0 bridgehead atoms. The predicted molar refractivity (Wildman–Crippen MR) is 118 cm³/mol. The minimum Gasteiger partial charge on any atom is -0.507 e. The molecule has 0 aliphatic rings. The van der Waals surface area contributed by atoms with Crippen molar-refractivity contribution >= 4 is 6.09 Å². The van der Waals surface area contributed by atoms with Gasteiger partial charge in [0.1, 0.15) is 18.1 Å². The van der Waals surface area contributed by atoms with E-state index in [1.54, 1.807) is 14.2 Å². The Morgan fingerprint density at radius 3 is 2.53 bits per heavy atom. The summed E-state index contributed by atoms with van der Waals surface area (Å²) in [5.41, 5.74) is 3.41. The average molecular weight is 416 g/mol. The lowest BCUT2D eigenvalue weighted by Gasteiger charge is -2.21. The maximum absolute atomic E-state index is 12.1. The molecule has 0 aromatic heterocycles. The van der Waals surface area contributed by atoms with Crippen molar-refractivity contribution in [1.29, 1.82) is 0 Å². The molecule has 0 fully saturated rings. The smallest absolute Gasteiger partial charge is 0.412 e. The summed E-state index contributed by atoms with van der Waals surface area (Å²) in [6.45, 7) is 4.63. The van der Waals surface area contributed by atoms with Crippen LogP contribution in [0.3, 0.4) is 0 Å². The van der Waals surface area contributed by atoms with E-state index >= 15 is 0 Å². The van der Waals surface area contributed by atoms with Crippen LogP contribution >= 0.6 is 0 Å². The molecule has 6 nitrogen and oxygen atoms in total. The maximum atomic E-state index is 12.1. The molecule has 30 heavy (non-hydrogen) atoms. The van der Waals surface area contributed by atoms with Crippen molar-refractivity contribution in [3.8, 4) is 22.6 Å². The molecule has 2 aromatic carbocycles. The summed E-state index contributed by atoms with van der Waals surface area (Å²) in [4.78, 5) is 13.4. The summed E-state index contributed by atoms with van der Waals surface area (Å²) < 4.78 is 16.0. The first-order valence-electron chi connectivity index (χ1n) is 10.4. The summed E-state index contributed by atoms with van der Waals surface area (Å²) in [5.74, 6) is 0.767. The van der Waals surface area contributed by atoms with Crippen molar-refractivity contribution in [2.24, 2.45) is 0 Å². The van der Waals surface area contributed by atoms with E-state index in [9.17, 15) is 9.90 Å². The van der Waals surface area contributed by atoms with Crippen LogP contribution in [0.15, 0.2) is 36.4 Å². The summed E-state index contributed by atoms with van der Waals surface area (Å²) in [6, 6.07) is 11.6. The van der Waals surface area contributed by atoms with Gasteiger partial charge < -0.3 is 19.3 Å². The molecule has 2 rings (SSSR count). The van der Waals surface area contributed by atoms with Crippen LogP contribution in [0.5, 0.6) is 11.5 Å². The molecule has 1 amide bonds. The van der Waals surface area contributed by atoms with Crippen LogP contribution in [0.1, 0.15) is 37.3 Å². The molecule has 0 atom stereocenters. The fourth-order valence-corrected chi connectivity index (χ4v) is 3.16. The lowest BCUT2D eigenvalue weighted by atomic mass is 9.94. The summed E-state index contributed by atoms with van der Waals surface area (Å²) in [6.07, 6.45) is 3.69. The number of unbranched alkanes of at least 4 members (excludes halogenated alkanes) is 2. The fourth-order valence-electron chi connectivity index (χ4n) is 3.16. The normalized spacial score (nSPS) is 10.7. The maximum Gasteiger partial charge on any atom is 0.412 e. The zero-order valence-corrected chi connectivity index (χ0v) is 18.4. The molecular formula is C24H33NO5. The third-order valence-corrected chi connectivity index (χ3v) is 4.98. The van der Waals surface area contributed by atoms with E-state index in [2.05, 4.69) is 6.92 Å². The van der Waals surface area contributed by atoms with E-state index in [1.165, 1.54) is 4.90 Å². The number of hydrogen-bond acceptors (Lipinski definition) is 5. The second kappa shape index (κ2) is 12.1. The number of ether oxygens (including phenoxy) is 3. The minimum atomic E-state index is -0.493. The van der Waals surface area contributed by atoms with Gasteiger partial charge in [-0.2, -0.15) is 0 Å². The molecule has 0 heterocycles. The van der Waals surface area contributed by atoms with Gasteiger partial charge in [-0.15, -0.1) is 0 Å². The molecule has 0 aliphatic carbocycles. The molecule has 0 saturated carbocycles.